The Labute approximate surface area is 146 Å². The second-order valence-electron chi connectivity index (χ2n) is 6.49. The van der Waals surface area contributed by atoms with Crippen LogP contribution in [0.1, 0.15) is 49.3 Å². The Balaban J connectivity index is 1.81. The van der Waals surface area contributed by atoms with Crippen LogP contribution in [0.3, 0.4) is 0 Å². The monoisotopic (exact) mass is 329 g/mol. The number of aromatic nitrogens is 3. The summed E-state index contributed by atoms with van der Waals surface area (Å²) in [7, 11) is 0. The summed E-state index contributed by atoms with van der Waals surface area (Å²) in [6.45, 7) is 2.11. The zero-order valence-corrected chi connectivity index (χ0v) is 14.2. The molecule has 3 aromatic rings. The van der Waals surface area contributed by atoms with Crippen molar-refractivity contribution < 1.29 is 0 Å². The standard InChI is InChI=1S/C21H19N3O/c1-15-6-2-3-8-20-23-19-14-16(9-11-17-7-4-5-13-22-17)10-12-18(19)21(25)24(15)20/h4-5,7,10,12-15H,2-3,6,8H2,1H3. The van der Waals surface area contributed by atoms with Gasteiger partial charge in [0, 0.05) is 24.2 Å². The van der Waals surface area contributed by atoms with Crippen LogP contribution >= 0.6 is 0 Å². The lowest BCUT2D eigenvalue weighted by molar-refractivity contribution is 0.487. The summed E-state index contributed by atoms with van der Waals surface area (Å²) in [6, 6.07) is 11.5. The van der Waals surface area contributed by atoms with E-state index in [-0.39, 0.29) is 11.6 Å². The minimum absolute atomic E-state index is 0.0682. The van der Waals surface area contributed by atoms with Gasteiger partial charge in [0.1, 0.15) is 11.5 Å². The highest BCUT2D eigenvalue weighted by molar-refractivity contribution is 5.79. The van der Waals surface area contributed by atoms with E-state index < -0.39 is 0 Å². The first-order valence-electron chi connectivity index (χ1n) is 8.70. The fraction of sp³-hybridized carbons (Fsp3) is 0.286. The van der Waals surface area contributed by atoms with Crippen LogP contribution in [0.4, 0.5) is 0 Å². The van der Waals surface area contributed by atoms with Crippen LogP contribution in [0.5, 0.6) is 0 Å². The first-order valence-corrected chi connectivity index (χ1v) is 8.70. The maximum atomic E-state index is 12.9. The SMILES string of the molecule is CC1CCCCc2nc3cc(C#Cc4ccccn4)ccc3c(=O)n21. The smallest absolute Gasteiger partial charge is 0.261 e. The van der Waals surface area contributed by atoms with Crippen molar-refractivity contribution in [3.05, 3.63) is 70.0 Å². The third-order valence-electron chi connectivity index (χ3n) is 4.69. The molecule has 1 aliphatic heterocycles. The van der Waals surface area contributed by atoms with Crippen molar-refractivity contribution in [1.82, 2.24) is 14.5 Å². The molecule has 0 aliphatic carbocycles. The quantitative estimate of drug-likeness (QED) is 0.593. The van der Waals surface area contributed by atoms with Crippen LogP contribution in [0.15, 0.2) is 47.4 Å². The molecule has 0 N–H and O–H groups in total. The van der Waals surface area contributed by atoms with Gasteiger partial charge in [0.15, 0.2) is 0 Å². The second kappa shape index (κ2) is 6.52. The van der Waals surface area contributed by atoms with E-state index in [2.05, 4.69) is 23.7 Å². The van der Waals surface area contributed by atoms with Crippen LogP contribution in [0, 0.1) is 11.8 Å². The van der Waals surface area contributed by atoms with Crippen LogP contribution in [-0.2, 0) is 6.42 Å². The molecule has 0 spiro atoms. The fourth-order valence-electron chi connectivity index (χ4n) is 3.38. The van der Waals surface area contributed by atoms with E-state index in [1.54, 1.807) is 6.20 Å². The summed E-state index contributed by atoms with van der Waals surface area (Å²) in [5, 5.41) is 0.667. The Bertz CT molecular complexity index is 1040. The summed E-state index contributed by atoms with van der Waals surface area (Å²) in [5.41, 5.74) is 2.37. The molecule has 1 aromatic carbocycles. The highest BCUT2D eigenvalue weighted by Crippen LogP contribution is 2.22. The van der Waals surface area contributed by atoms with Crippen molar-refractivity contribution in [2.45, 2.75) is 38.6 Å². The number of benzene rings is 1. The third-order valence-corrected chi connectivity index (χ3v) is 4.69. The highest BCUT2D eigenvalue weighted by Gasteiger charge is 2.18. The molecule has 4 nitrogen and oxygen atoms in total. The van der Waals surface area contributed by atoms with Gasteiger partial charge in [-0.15, -0.1) is 0 Å². The van der Waals surface area contributed by atoms with E-state index in [1.807, 2.05) is 41.0 Å². The lowest BCUT2D eigenvalue weighted by Gasteiger charge is -2.16. The largest absolute Gasteiger partial charge is 0.293 e. The van der Waals surface area contributed by atoms with Crippen LogP contribution < -0.4 is 5.56 Å². The maximum Gasteiger partial charge on any atom is 0.261 e. The second-order valence-corrected chi connectivity index (χ2v) is 6.49. The number of pyridine rings is 1. The first-order chi connectivity index (χ1) is 12.2. The minimum atomic E-state index is 0.0682. The normalized spacial score (nSPS) is 16.6. The van der Waals surface area contributed by atoms with Crippen molar-refractivity contribution in [3.63, 3.8) is 0 Å². The van der Waals surface area contributed by atoms with Gasteiger partial charge < -0.3 is 0 Å². The molecule has 124 valence electrons. The zero-order chi connectivity index (χ0) is 17.2. The number of hydrogen-bond acceptors (Lipinski definition) is 3. The molecule has 1 unspecified atom stereocenters. The number of aryl methyl sites for hydroxylation is 1. The number of nitrogens with zero attached hydrogens (tertiary/aromatic N) is 3. The van der Waals surface area contributed by atoms with E-state index in [9.17, 15) is 4.79 Å². The third kappa shape index (κ3) is 3.06. The average Bonchev–Trinajstić information content (AvgIpc) is 2.82. The molecule has 3 heterocycles. The average molecular weight is 329 g/mol. The van der Waals surface area contributed by atoms with Crippen LogP contribution in [-0.4, -0.2) is 14.5 Å². The summed E-state index contributed by atoms with van der Waals surface area (Å²) < 4.78 is 1.88. The van der Waals surface area contributed by atoms with Gasteiger partial charge in [-0.2, -0.15) is 0 Å². The number of fused-ring (bicyclic) bond motifs is 2. The Morgan fingerprint density at radius 2 is 2.08 bits per heavy atom. The summed E-state index contributed by atoms with van der Waals surface area (Å²) >= 11 is 0. The van der Waals surface area contributed by atoms with Gasteiger partial charge in [0.25, 0.3) is 5.56 Å². The first kappa shape index (κ1) is 15.6. The van der Waals surface area contributed by atoms with Gasteiger partial charge in [-0.05, 0) is 56.0 Å². The van der Waals surface area contributed by atoms with Gasteiger partial charge in [-0.25, -0.2) is 9.97 Å². The molecule has 1 aliphatic rings. The Morgan fingerprint density at radius 1 is 1.16 bits per heavy atom. The summed E-state index contributed by atoms with van der Waals surface area (Å²) in [4.78, 5) is 21.9. The molecule has 4 heteroatoms. The molecule has 4 rings (SSSR count). The fourth-order valence-corrected chi connectivity index (χ4v) is 3.38. The molecule has 0 amide bonds. The van der Waals surface area contributed by atoms with Crippen molar-refractivity contribution >= 4 is 10.9 Å². The molecule has 1 atom stereocenters. The van der Waals surface area contributed by atoms with Gasteiger partial charge >= 0.3 is 0 Å². The lowest BCUT2D eigenvalue weighted by Crippen LogP contribution is -2.27. The number of rotatable bonds is 0. The molecule has 0 saturated heterocycles. The predicted octanol–water partition coefficient (Wildman–Crippen LogP) is 3.48. The zero-order valence-electron chi connectivity index (χ0n) is 14.2. The number of hydrogen-bond donors (Lipinski definition) is 0. The Morgan fingerprint density at radius 3 is 2.92 bits per heavy atom. The molecule has 0 bridgehead atoms. The van der Waals surface area contributed by atoms with Gasteiger partial charge in [-0.1, -0.05) is 18.4 Å². The Kier molecular flexibility index (Phi) is 4.07. The minimum Gasteiger partial charge on any atom is -0.293 e. The highest BCUT2D eigenvalue weighted by atomic mass is 16.1. The molecular formula is C21H19N3O. The van der Waals surface area contributed by atoms with Gasteiger partial charge in [-0.3, -0.25) is 9.36 Å². The maximum absolute atomic E-state index is 12.9. The topological polar surface area (TPSA) is 47.8 Å². The van der Waals surface area contributed by atoms with Crippen molar-refractivity contribution in [3.8, 4) is 11.8 Å². The molecule has 25 heavy (non-hydrogen) atoms. The van der Waals surface area contributed by atoms with Crippen LogP contribution in [0.2, 0.25) is 0 Å². The van der Waals surface area contributed by atoms with E-state index in [1.165, 1.54) is 0 Å². The lowest BCUT2D eigenvalue weighted by atomic mass is 10.1. The molecular weight excluding hydrogens is 310 g/mol. The molecule has 2 aromatic heterocycles. The van der Waals surface area contributed by atoms with Crippen molar-refractivity contribution in [2.24, 2.45) is 0 Å². The summed E-state index contributed by atoms with van der Waals surface area (Å²) in [6.07, 6.45) is 5.85. The Hall–Kier alpha value is -2.93. The van der Waals surface area contributed by atoms with E-state index in [4.69, 9.17) is 4.98 Å². The van der Waals surface area contributed by atoms with Crippen LogP contribution in [0.25, 0.3) is 10.9 Å². The van der Waals surface area contributed by atoms with E-state index in [0.717, 1.165) is 48.3 Å². The van der Waals surface area contributed by atoms with E-state index >= 15 is 0 Å². The van der Waals surface area contributed by atoms with E-state index in [0.29, 0.717) is 5.39 Å². The molecule has 0 saturated carbocycles. The summed E-state index contributed by atoms with van der Waals surface area (Å²) in [5.74, 6) is 7.06. The molecule has 0 radical (unpaired) electrons. The van der Waals surface area contributed by atoms with Gasteiger partial charge in [0.05, 0.1) is 10.9 Å². The molecule has 0 fully saturated rings. The van der Waals surface area contributed by atoms with Crippen molar-refractivity contribution in [1.29, 1.82) is 0 Å². The van der Waals surface area contributed by atoms with Crippen molar-refractivity contribution in [2.75, 3.05) is 0 Å². The predicted molar refractivity (Wildman–Crippen MR) is 98.5 cm³/mol. The van der Waals surface area contributed by atoms with Gasteiger partial charge in [0.2, 0.25) is 0 Å².